The molecule has 0 aromatic heterocycles. The van der Waals surface area contributed by atoms with Gasteiger partial charge >= 0.3 is 0 Å². The number of halogens is 2. The molecular weight excluding hydrogens is 532 g/mol. The lowest BCUT2D eigenvalue weighted by molar-refractivity contribution is 0.774. The van der Waals surface area contributed by atoms with E-state index in [9.17, 15) is 0 Å². The Labute approximate surface area is 210 Å². The SMILES string of the molecule is Brc1ccc2c(c1)C1(c3ccccc3-c3ccccc3-2)c2ccccc2-c2c(Br)cccc21. The van der Waals surface area contributed by atoms with E-state index >= 15 is 0 Å². The molecule has 2 heteroatoms. The topological polar surface area (TPSA) is 0 Å². The van der Waals surface area contributed by atoms with Crippen LogP contribution in [-0.4, -0.2) is 0 Å². The molecule has 156 valence electrons. The first-order chi connectivity index (χ1) is 16.2. The molecule has 1 unspecified atom stereocenters. The Morgan fingerprint density at radius 1 is 0.424 bits per heavy atom. The molecule has 0 nitrogen and oxygen atoms in total. The maximum Gasteiger partial charge on any atom is 0.0726 e. The van der Waals surface area contributed by atoms with Gasteiger partial charge in [-0.25, -0.2) is 0 Å². The quantitative estimate of drug-likeness (QED) is 0.177. The van der Waals surface area contributed by atoms with Crippen LogP contribution in [0, 0.1) is 0 Å². The Balaban J connectivity index is 1.79. The van der Waals surface area contributed by atoms with Gasteiger partial charge in [0.05, 0.1) is 5.41 Å². The molecule has 1 atom stereocenters. The Bertz CT molecular complexity index is 1600. The second-order valence-corrected chi connectivity index (χ2v) is 10.5. The molecule has 0 heterocycles. The second kappa shape index (κ2) is 7.03. The predicted molar refractivity (Wildman–Crippen MR) is 144 cm³/mol. The van der Waals surface area contributed by atoms with Crippen molar-refractivity contribution in [3.05, 3.63) is 140 Å². The third-order valence-corrected chi connectivity index (χ3v) is 8.40. The van der Waals surface area contributed by atoms with Crippen molar-refractivity contribution in [2.75, 3.05) is 0 Å². The fourth-order valence-corrected chi connectivity index (χ4v) is 7.01. The molecule has 0 N–H and O–H groups in total. The van der Waals surface area contributed by atoms with Crippen LogP contribution in [0.3, 0.4) is 0 Å². The van der Waals surface area contributed by atoms with Gasteiger partial charge in [0.1, 0.15) is 0 Å². The zero-order valence-corrected chi connectivity index (χ0v) is 20.8. The largest absolute Gasteiger partial charge is 0.0726 e. The van der Waals surface area contributed by atoms with Crippen LogP contribution in [0.5, 0.6) is 0 Å². The van der Waals surface area contributed by atoms with Crippen LogP contribution in [0.2, 0.25) is 0 Å². The first-order valence-corrected chi connectivity index (χ1v) is 12.7. The predicted octanol–water partition coefficient (Wildman–Crippen LogP) is 9.22. The van der Waals surface area contributed by atoms with Gasteiger partial charge in [0.2, 0.25) is 0 Å². The van der Waals surface area contributed by atoms with Gasteiger partial charge < -0.3 is 0 Å². The van der Waals surface area contributed by atoms with Gasteiger partial charge in [0.25, 0.3) is 0 Å². The molecule has 33 heavy (non-hydrogen) atoms. The molecule has 1 spiro atoms. The Morgan fingerprint density at radius 3 is 1.70 bits per heavy atom. The number of hydrogen-bond acceptors (Lipinski definition) is 0. The lowest BCUT2D eigenvalue weighted by Gasteiger charge is -2.35. The van der Waals surface area contributed by atoms with E-state index in [1.807, 2.05) is 0 Å². The summed E-state index contributed by atoms with van der Waals surface area (Å²) < 4.78 is 2.23. The minimum absolute atomic E-state index is 0.412. The van der Waals surface area contributed by atoms with Gasteiger partial charge in [-0.05, 0) is 68.3 Å². The minimum Gasteiger partial charge on any atom is -0.0619 e. The summed E-state index contributed by atoms with van der Waals surface area (Å²) in [6.45, 7) is 0. The van der Waals surface area contributed by atoms with E-state index in [1.54, 1.807) is 0 Å². The van der Waals surface area contributed by atoms with E-state index < -0.39 is 5.41 Å². The molecule has 0 amide bonds. The van der Waals surface area contributed by atoms with Crippen molar-refractivity contribution in [3.63, 3.8) is 0 Å². The van der Waals surface area contributed by atoms with Crippen molar-refractivity contribution in [2.45, 2.75) is 5.41 Å². The highest BCUT2D eigenvalue weighted by atomic mass is 79.9. The third-order valence-electron chi connectivity index (χ3n) is 7.24. The first-order valence-electron chi connectivity index (χ1n) is 11.1. The summed E-state index contributed by atoms with van der Waals surface area (Å²) in [6, 6.07) is 40.2. The van der Waals surface area contributed by atoms with Crippen LogP contribution in [-0.2, 0) is 5.41 Å². The fraction of sp³-hybridized carbons (Fsp3) is 0.0323. The van der Waals surface area contributed by atoms with Crippen LogP contribution < -0.4 is 0 Å². The van der Waals surface area contributed by atoms with Gasteiger partial charge in [-0.1, -0.05) is 123 Å². The van der Waals surface area contributed by atoms with Crippen LogP contribution in [0.25, 0.3) is 33.4 Å². The maximum absolute atomic E-state index is 3.90. The van der Waals surface area contributed by atoms with E-state index in [1.165, 1.54) is 55.6 Å². The molecule has 0 aliphatic heterocycles. The van der Waals surface area contributed by atoms with Crippen molar-refractivity contribution in [3.8, 4) is 33.4 Å². The lowest BCUT2D eigenvalue weighted by atomic mass is 9.66. The Kier molecular flexibility index (Phi) is 4.16. The molecule has 0 saturated carbocycles. The number of fused-ring (bicyclic) bond motifs is 12. The van der Waals surface area contributed by atoms with E-state index in [0.717, 1.165) is 8.95 Å². The summed E-state index contributed by atoms with van der Waals surface area (Å²) in [5, 5.41) is 0. The highest BCUT2D eigenvalue weighted by Gasteiger charge is 2.50. The molecule has 5 aromatic carbocycles. The van der Waals surface area contributed by atoms with Crippen LogP contribution in [0.15, 0.2) is 118 Å². The van der Waals surface area contributed by atoms with E-state index in [4.69, 9.17) is 0 Å². The molecule has 7 rings (SSSR count). The van der Waals surface area contributed by atoms with E-state index in [0.29, 0.717) is 0 Å². The smallest absolute Gasteiger partial charge is 0.0619 e. The van der Waals surface area contributed by atoms with Crippen LogP contribution in [0.4, 0.5) is 0 Å². The molecule has 0 fully saturated rings. The monoisotopic (exact) mass is 548 g/mol. The van der Waals surface area contributed by atoms with E-state index in [2.05, 4.69) is 141 Å². The van der Waals surface area contributed by atoms with Gasteiger partial charge in [0, 0.05) is 14.5 Å². The normalized spacial score (nSPS) is 16.9. The van der Waals surface area contributed by atoms with Gasteiger partial charge in [0.15, 0.2) is 0 Å². The molecule has 2 aliphatic rings. The van der Waals surface area contributed by atoms with Crippen LogP contribution >= 0.6 is 31.9 Å². The summed E-state index contributed by atoms with van der Waals surface area (Å²) in [5.74, 6) is 0. The van der Waals surface area contributed by atoms with Gasteiger partial charge in [-0.15, -0.1) is 0 Å². The summed E-state index contributed by atoms with van der Waals surface area (Å²) in [5.41, 5.74) is 12.6. The average molecular weight is 550 g/mol. The summed E-state index contributed by atoms with van der Waals surface area (Å²) in [6.07, 6.45) is 0. The Morgan fingerprint density at radius 2 is 0.970 bits per heavy atom. The molecular formula is C31H18Br2. The van der Waals surface area contributed by atoms with Gasteiger partial charge in [-0.2, -0.15) is 0 Å². The van der Waals surface area contributed by atoms with Crippen molar-refractivity contribution >= 4 is 31.9 Å². The highest BCUT2D eigenvalue weighted by molar-refractivity contribution is 9.10. The van der Waals surface area contributed by atoms with Crippen molar-refractivity contribution in [2.24, 2.45) is 0 Å². The summed E-state index contributed by atoms with van der Waals surface area (Å²) >= 11 is 7.71. The van der Waals surface area contributed by atoms with Crippen molar-refractivity contribution in [1.29, 1.82) is 0 Å². The number of benzene rings is 5. The first kappa shape index (κ1) is 19.5. The molecule has 0 radical (unpaired) electrons. The average Bonchev–Trinajstić information content (AvgIpc) is 3.10. The number of rotatable bonds is 0. The lowest BCUT2D eigenvalue weighted by Crippen LogP contribution is -2.29. The van der Waals surface area contributed by atoms with Gasteiger partial charge in [-0.3, -0.25) is 0 Å². The zero-order chi connectivity index (χ0) is 22.2. The summed E-state index contributed by atoms with van der Waals surface area (Å²) in [4.78, 5) is 0. The van der Waals surface area contributed by atoms with Crippen molar-refractivity contribution < 1.29 is 0 Å². The van der Waals surface area contributed by atoms with Crippen molar-refractivity contribution in [1.82, 2.24) is 0 Å². The minimum atomic E-state index is -0.412. The second-order valence-electron chi connectivity index (χ2n) is 8.74. The maximum atomic E-state index is 3.90. The fourth-order valence-electron chi connectivity index (χ4n) is 6.07. The van der Waals surface area contributed by atoms with E-state index in [-0.39, 0.29) is 0 Å². The zero-order valence-electron chi connectivity index (χ0n) is 17.6. The molecule has 0 saturated heterocycles. The molecule has 0 bridgehead atoms. The number of hydrogen-bond donors (Lipinski definition) is 0. The standard InChI is InChI=1S/C31H18Br2/c32-19-16-17-23-21-9-2-1-8-20(21)22-10-3-5-12-25(22)31(28(23)18-19)26-13-6-4-11-24(26)30-27(31)14-7-15-29(30)33/h1-18H. The molecule has 2 aliphatic carbocycles. The Hall–Kier alpha value is -2.94. The third kappa shape index (κ3) is 2.46. The summed E-state index contributed by atoms with van der Waals surface area (Å²) in [7, 11) is 0. The van der Waals surface area contributed by atoms with Crippen LogP contribution in [0.1, 0.15) is 22.3 Å². The highest BCUT2D eigenvalue weighted by Crippen LogP contribution is 2.62. The molecule has 5 aromatic rings.